The maximum Gasteiger partial charge on any atom is 0.0601 e. The smallest absolute Gasteiger partial charge is 0.0601 e. The fourth-order valence-electron chi connectivity index (χ4n) is 2.70. The fourth-order valence-corrected chi connectivity index (χ4v) is 2.70. The van der Waals surface area contributed by atoms with E-state index in [1.54, 1.807) is 0 Å². The maximum atomic E-state index is 5.33. The van der Waals surface area contributed by atoms with Crippen LogP contribution in [0.1, 0.15) is 19.8 Å². The third-order valence-corrected chi connectivity index (χ3v) is 3.75. The van der Waals surface area contributed by atoms with Gasteiger partial charge in [0.25, 0.3) is 0 Å². The van der Waals surface area contributed by atoms with Gasteiger partial charge in [-0.2, -0.15) is 0 Å². The molecule has 0 aromatic carbocycles. The zero-order valence-corrected chi connectivity index (χ0v) is 9.57. The van der Waals surface area contributed by atoms with Gasteiger partial charge in [-0.3, -0.25) is 4.90 Å². The summed E-state index contributed by atoms with van der Waals surface area (Å²) in [5.41, 5.74) is 0. The first-order valence-corrected chi connectivity index (χ1v) is 5.67. The summed E-state index contributed by atoms with van der Waals surface area (Å²) in [7, 11) is 4.04. The van der Waals surface area contributed by atoms with Crippen molar-refractivity contribution >= 4 is 0 Å². The molecular formula is C11H22N2O. The number of hydrogen-bond donors (Lipinski definition) is 0. The van der Waals surface area contributed by atoms with Crippen LogP contribution < -0.4 is 0 Å². The van der Waals surface area contributed by atoms with Crippen molar-refractivity contribution in [1.82, 2.24) is 9.80 Å². The van der Waals surface area contributed by atoms with Crippen LogP contribution in [-0.4, -0.2) is 61.8 Å². The van der Waals surface area contributed by atoms with Gasteiger partial charge in [0.1, 0.15) is 0 Å². The minimum atomic E-state index is 0.534. The molecule has 0 N–H and O–H groups in total. The van der Waals surface area contributed by atoms with Crippen LogP contribution in [0.4, 0.5) is 0 Å². The normalized spacial score (nSPS) is 40.9. The van der Waals surface area contributed by atoms with Gasteiger partial charge in [0, 0.05) is 38.8 Å². The molecule has 1 aliphatic heterocycles. The molecule has 82 valence electrons. The van der Waals surface area contributed by atoms with Gasteiger partial charge in [-0.25, -0.2) is 0 Å². The fraction of sp³-hybridized carbons (Fsp3) is 1.00. The lowest BCUT2D eigenvalue weighted by Crippen LogP contribution is -2.58. The predicted octanol–water partition coefficient (Wildman–Crippen LogP) is 0.800. The molecular weight excluding hydrogens is 176 g/mol. The Morgan fingerprint density at radius 1 is 1.21 bits per heavy atom. The highest BCUT2D eigenvalue weighted by Crippen LogP contribution is 2.30. The van der Waals surface area contributed by atoms with Gasteiger partial charge >= 0.3 is 0 Å². The van der Waals surface area contributed by atoms with E-state index in [1.165, 1.54) is 32.5 Å². The minimum Gasteiger partial charge on any atom is -0.381 e. The molecule has 1 heterocycles. The molecule has 0 amide bonds. The van der Waals surface area contributed by atoms with Crippen LogP contribution in [0.15, 0.2) is 0 Å². The van der Waals surface area contributed by atoms with Gasteiger partial charge in [-0.1, -0.05) is 0 Å². The van der Waals surface area contributed by atoms with Gasteiger partial charge in [-0.15, -0.1) is 0 Å². The predicted molar refractivity (Wildman–Crippen MR) is 57.5 cm³/mol. The maximum absolute atomic E-state index is 5.33. The van der Waals surface area contributed by atoms with Crippen molar-refractivity contribution < 1.29 is 4.74 Å². The standard InChI is InChI=1S/C11H22N2O/c1-9-8-12(2)4-5-13(9)10-6-11(7-10)14-3/h9-11H,4-8H2,1-3H3/t9-,10?,11?/m0/s1. The molecule has 14 heavy (non-hydrogen) atoms. The van der Waals surface area contributed by atoms with E-state index < -0.39 is 0 Å². The first kappa shape index (κ1) is 10.4. The summed E-state index contributed by atoms with van der Waals surface area (Å²) in [6.07, 6.45) is 3.02. The van der Waals surface area contributed by atoms with Crippen molar-refractivity contribution in [2.75, 3.05) is 33.8 Å². The van der Waals surface area contributed by atoms with E-state index in [2.05, 4.69) is 23.8 Å². The Bertz CT molecular complexity index is 192. The van der Waals surface area contributed by atoms with Crippen LogP contribution in [0.5, 0.6) is 0 Å². The quantitative estimate of drug-likeness (QED) is 0.653. The molecule has 2 fully saturated rings. The topological polar surface area (TPSA) is 15.7 Å². The average Bonchev–Trinajstić information content (AvgIpc) is 2.06. The summed E-state index contributed by atoms with van der Waals surface area (Å²) in [6, 6.07) is 1.51. The highest BCUT2D eigenvalue weighted by Gasteiger charge is 2.37. The number of rotatable bonds is 2. The Kier molecular flexibility index (Phi) is 3.10. The molecule has 1 aliphatic carbocycles. The molecule has 0 unspecified atom stereocenters. The molecule has 3 heteroatoms. The summed E-state index contributed by atoms with van der Waals surface area (Å²) in [5.74, 6) is 0. The van der Waals surface area contributed by atoms with Crippen LogP contribution in [0, 0.1) is 0 Å². The molecule has 0 aromatic rings. The van der Waals surface area contributed by atoms with Crippen molar-refractivity contribution in [2.45, 2.75) is 38.0 Å². The van der Waals surface area contributed by atoms with Crippen LogP contribution >= 0.6 is 0 Å². The highest BCUT2D eigenvalue weighted by molar-refractivity contribution is 4.92. The molecule has 1 saturated heterocycles. The number of piperazine rings is 1. The summed E-state index contributed by atoms with van der Waals surface area (Å²) < 4.78 is 5.33. The lowest BCUT2D eigenvalue weighted by molar-refractivity contribution is -0.0547. The van der Waals surface area contributed by atoms with Crippen molar-refractivity contribution in [3.8, 4) is 0 Å². The molecule has 0 bridgehead atoms. The number of hydrogen-bond acceptors (Lipinski definition) is 3. The second kappa shape index (κ2) is 4.17. The SMILES string of the molecule is COC1CC(N2CCN(C)C[C@@H]2C)C1. The molecule has 0 aromatic heterocycles. The lowest BCUT2D eigenvalue weighted by Gasteiger charge is -2.48. The molecule has 1 saturated carbocycles. The summed E-state index contributed by atoms with van der Waals surface area (Å²) >= 11 is 0. The third kappa shape index (κ3) is 1.95. The summed E-state index contributed by atoms with van der Waals surface area (Å²) in [4.78, 5) is 5.09. The second-order valence-corrected chi connectivity index (χ2v) is 4.83. The van der Waals surface area contributed by atoms with E-state index in [1.807, 2.05) is 7.11 Å². The lowest BCUT2D eigenvalue weighted by atomic mass is 9.86. The Morgan fingerprint density at radius 3 is 2.50 bits per heavy atom. The number of nitrogens with zero attached hydrogens (tertiary/aromatic N) is 2. The van der Waals surface area contributed by atoms with Gasteiger partial charge < -0.3 is 9.64 Å². The largest absolute Gasteiger partial charge is 0.381 e. The molecule has 1 atom stereocenters. The Morgan fingerprint density at radius 2 is 1.93 bits per heavy atom. The van der Waals surface area contributed by atoms with Crippen LogP contribution in [0.3, 0.4) is 0 Å². The molecule has 2 aliphatic rings. The first-order chi connectivity index (χ1) is 6.70. The van der Waals surface area contributed by atoms with E-state index in [4.69, 9.17) is 4.74 Å². The first-order valence-electron chi connectivity index (χ1n) is 5.67. The Balaban J connectivity index is 1.81. The zero-order valence-electron chi connectivity index (χ0n) is 9.57. The highest BCUT2D eigenvalue weighted by atomic mass is 16.5. The van der Waals surface area contributed by atoms with Gasteiger partial charge in [0.2, 0.25) is 0 Å². The van der Waals surface area contributed by atoms with Crippen LogP contribution in [0.2, 0.25) is 0 Å². The molecule has 0 spiro atoms. The van der Waals surface area contributed by atoms with E-state index in [0.29, 0.717) is 6.10 Å². The van der Waals surface area contributed by atoms with Gasteiger partial charge in [0.15, 0.2) is 0 Å². The third-order valence-electron chi connectivity index (χ3n) is 3.75. The van der Waals surface area contributed by atoms with E-state index in [-0.39, 0.29) is 0 Å². The van der Waals surface area contributed by atoms with Crippen molar-refractivity contribution in [3.63, 3.8) is 0 Å². The molecule has 2 rings (SSSR count). The van der Waals surface area contributed by atoms with Crippen LogP contribution in [0.25, 0.3) is 0 Å². The van der Waals surface area contributed by atoms with Crippen molar-refractivity contribution in [1.29, 1.82) is 0 Å². The number of methoxy groups -OCH3 is 1. The van der Waals surface area contributed by atoms with Crippen LogP contribution in [-0.2, 0) is 4.74 Å². The Hall–Kier alpha value is -0.120. The van der Waals surface area contributed by atoms with Crippen molar-refractivity contribution in [2.24, 2.45) is 0 Å². The summed E-state index contributed by atoms with van der Waals surface area (Å²) in [6.45, 7) is 6.02. The van der Waals surface area contributed by atoms with E-state index in [9.17, 15) is 0 Å². The minimum absolute atomic E-state index is 0.534. The number of likely N-dealkylation sites (N-methyl/N-ethyl adjacent to an activating group) is 1. The van der Waals surface area contributed by atoms with Gasteiger partial charge in [-0.05, 0) is 26.8 Å². The second-order valence-electron chi connectivity index (χ2n) is 4.83. The van der Waals surface area contributed by atoms with Crippen molar-refractivity contribution in [3.05, 3.63) is 0 Å². The Labute approximate surface area is 87.0 Å². The monoisotopic (exact) mass is 198 g/mol. The zero-order chi connectivity index (χ0) is 10.1. The molecule has 3 nitrogen and oxygen atoms in total. The number of ether oxygens (including phenoxy) is 1. The van der Waals surface area contributed by atoms with Gasteiger partial charge in [0.05, 0.1) is 6.10 Å². The molecule has 0 radical (unpaired) electrons. The average molecular weight is 198 g/mol. The summed E-state index contributed by atoms with van der Waals surface area (Å²) in [5, 5.41) is 0. The van der Waals surface area contributed by atoms with E-state index in [0.717, 1.165) is 12.1 Å². The van der Waals surface area contributed by atoms with E-state index >= 15 is 0 Å².